The number of unbranched alkanes of at least 4 members (excludes halogenated alkanes) is 1. The zero-order valence-corrected chi connectivity index (χ0v) is 12.7. The molecule has 1 aromatic carbocycles. The van der Waals surface area contributed by atoms with E-state index in [9.17, 15) is 4.79 Å². The Morgan fingerprint density at radius 1 is 1.36 bits per heavy atom. The molecule has 116 valence electrons. The molecule has 0 spiro atoms. The Balaban J connectivity index is 2.03. The summed E-state index contributed by atoms with van der Waals surface area (Å²) < 4.78 is 5.71. The van der Waals surface area contributed by atoms with Crippen LogP contribution in [0.25, 0.3) is 0 Å². The molecule has 2 rings (SSSR count). The number of para-hydroxylation sites is 1. The maximum atomic E-state index is 11.4. The van der Waals surface area contributed by atoms with E-state index < -0.39 is 0 Å². The lowest BCUT2D eigenvalue weighted by molar-refractivity contribution is 0.309. The summed E-state index contributed by atoms with van der Waals surface area (Å²) in [4.78, 5) is 13.9. The van der Waals surface area contributed by atoms with Gasteiger partial charge in [-0.3, -0.25) is 9.78 Å². The molecule has 2 aromatic rings. The number of ether oxygens (including phenoxy) is 1. The summed E-state index contributed by atoms with van der Waals surface area (Å²) in [6.45, 7) is 4.37. The van der Waals surface area contributed by atoms with Crippen molar-refractivity contribution in [2.45, 2.75) is 26.7 Å². The molecular formula is C15H19N5O2. The Morgan fingerprint density at radius 2 is 2.18 bits per heavy atom. The molecule has 1 aromatic heterocycles. The highest BCUT2D eigenvalue weighted by Crippen LogP contribution is 2.16. The van der Waals surface area contributed by atoms with E-state index >= 15 is 0 Å². The molecule has 0 aliphatic heterocycles. The second kappa shape index (κ2) is 7.92. The molecule has 0 atom stereocenters. The maximum absolute atomic E-state index is 11.4. The lowest BCUT2D eigenvalue weighted by atomic mass is 10.2. The van der Waals surface area contributed by atoms with E-state index in [0.29, 0.717) is 12.3 Å². The van der Waals surface area contributed by atoms with Gasteiger partial charge in [0.15, 0.2) is 0 Å². The predicted molar refractivity (Wildman–Crippen MR) is 85.5 cm³/mol. The highest BCUT2D eigenvalue weighted by molar-refractivity contribution is 5.83. The molecule has 0 radical (unpaired) electrons. The second-order valence-electron chi connectivity index (χ2n) is 4.70. The van der Waals surface area contributed by atoms with E-state index in [1.807, 2.05) is 24.3 Å². The minimum absolute atomic E-state index is 0.191. The minimum atomic E-state index is -0.295. The van der Waals surface area contributed by atoms with Crippen LogP contribution in [0.15, 0.2) is 34.2 Å². The summed E-state index contributed by atoms with van der Waals surface area (Å²) in [5.74, 6) is 0.959. The Morgan fingerprint density at radius 3 is 2.95 bits per heavy atom. The topological polar surface area (TPSA) is 92.3 Å². The minimum Gasteiger partial charge on any atom is -0.493 e. The molecule has 7 nitrogen and oxygen atoms in total. The van der Waals surface area contributed by atoms with Gasteiger partial charge in [0.25, 0.3) is 5.56 Å². The van der Waals surface area contributed by atoms with Gasteiger partial charge in [0.05, 0.1) is 12.8 Å². The highest BCUT2D eigenvalue weighted by atomic mass is 16.5. The number of aromatic nitrogens is 3. The zero-order chi connectivity index (χ0) is 15.8. The summed E-state index contributed by atoms with van der Waals surface area (Å²) in [5, 5.41) is 11.6. The fourth-order valence-electron chi connectivity index (χ4n) is 1.65. The third-order valence-electron chi connectivity index (χ3n) is 2.91. The number of hydrogen-bond acceptors (Lipinski definition) is 6. The van der Waals surface area contributed by atoms with Crippen molar-refractivity contribution >= 4 is 12.2 Å². The van der Waals surface area contributed by atoms with Crippen molar-refractivity contribution in [3.8, 4) is 5.75 Å². The quantitative estimate of drug-likeness (QED) is 0.464. The van der Waals surface area contributed by atoms with Crippen molar-refractivity contribution in [2.24, 2.45) is 5.10 Å². The van der Waals surface area contributed by atoms with Gasteiger partial charge < -0.3 is 4.74 Å². The van der Waals surface area contributed by atoms with Crippen molar-refractivity contribution in [3.63, 3.8) is 0 Å². The van der Waals surface area contributed by atoms with Crippen LogP contribution in [-0.4, -0.2) is 28.0 Å². The van der Waals surface area contributed by atoms with Crippen LogP contribution in [0.5, 0.6) is 5.75 Å². The maximum Gasteiger partial charge on any atom is 0.274 e. The molecule has 0 aliphatic rings. The molecule has 1 heterocycles. The average Bonchev–Trinajstić information content (AvgIpc) is 2.52. The van der Waals surface area contributed by atoms with Crippen molar-refractivity contribution in [2.75, 3.05) is 12.0 Å². The van der Waals surface area contributed by atoms with Gasteiger partial charge in [0.2, 0.25) is 5.95 Å². The Hall–Kier alpha value is -2.70. The van der Waals surface area contributed by atoms with E-state index in [1.54, 1.807) is 13.1 Å². The third-order valence-corrected chi connectivity index (χ3v) is 2.91. The number of benzene rings is 1. The lowest BCUT2D eigenvalue weighted by Crippen LogP contribution is -2.15. The Bertz CT molecular complexity index is 696. The third kappa shape index (κ3) is 4.41. The number of aromatic amines is 1. The highest BCUT2D eigenvalue weighted by Gasteiger charge is 2.01. The number of hydrazone groups is 1. The van der Waals surface area contributed by atoms with Crippen LogP contribution in [-0.2, 0) is 0 Å². The number of nitrogens with zero attached hydrogens (tertiary/aromatic N) is 3. The fraction of sp³-hybridized carbons (Fsp3) is 0.333. The SMILES string of the molecule is CCCCOc1ccccc1C=NNc1nnc(C)c(=O)[nH]1. The van der Waals surface area contributed by atoms with Gasteiger partial charge in [-0.15, -0.1) is 10.2 Å². The molecule has 0 unspecified atom stereocenters. The van der Waals surface area contributed by atoms with Crippen molar-refractivity contribution in [1.82, 2.24) is 15.2 Å². The number of nitrogens with one attached hydrogen (secondary N) is 2. The van der Waals surface area contributed by atoms with Crippen molar-refractivity contribution in [1.29, 1.82) is 0 Å². The van der Waals surface area contributed by atoms with Gasteiger partial charge in [0, 0.05) is 5.56 Å². The van der Waals surface area contributed by atoms with Crippen LogP contribution in [0.2, 0.25) is 0 Å². The number of aryl methyl sites for hydroxylation is 1. The van der Waals surface area contributed by atoms with E-state index in [2.05, 4.69) is 32.6 Å². The normalized spacial score (nSPS) is 10.8. The number of H-pyrrole nitrogens is 1. The molecule has 0 aliphatic carbocycles. The largest absolute Gasteiger partial charge is 0.493 e. The number of anilines is 1. The molecule has 0 bridgehead atoms. The molecule has 0 fully saturated rings. The molecule has 2 N–H and O–H groups in total. The summed E-state index contributed by atoms with van der Waals surface area (Å²) in [6, 6.07) is 7.61. The van der Waals surface area contributed by atoms with Crippen molar-refractivity contribution in [3.05, 3.63) is 45.9 Å². The molecule has 0 amide bonds. The van der Waals surface area contributed by atoms with Crippen LogP contribution >= 0.6 is 0 Å². The van der Waals surface area contributed by atoms with Crippen molar-refractivity contribution < 1.29 is 4.74 Å². The molecule has 0 saturated heterocycles. The van der Waals surface area contributed by atoms with Gasteiger partial charge >= 0.3 is 0 Å². The van der Waals surface area contributed by atoms with E-state index in [0.717, 1.165) is 24.2 Å². The van der Waals surface area contributed by atoms with Gasteiger partial charge in [-0.25, -0.2) is 5.43 Å². The van der Waals surface area contributed by atoms with Crippen LogP contribution in [0.1, 0.15) is 31.0 Å². The summed E-state index contributed by atoms with van der Waals surface area (Å²) in [5.41, 5.74) is 3.50. The smallest absolute Gasteiger partial charge is 0.274 e. The summed E-state index contributed by atoms with van der Waals surface area (Å²) in [6.07, 6.45) is 3.70. The first-order chi connectivity index (χ1) is 10.7. The van der Waals surface area contributed by atoms with Crippen LogP contribution in [0, 0.1) is 6.92 Å². The standard InChI is InChI=1S/C15H19N5O2/c1-3-4-9-22-13-8-6-5-7-12(13)10-16-19-15-17-14(21)11(2)18-20-15/h5-8,10H,3-4,9H2,1-2H3,(H2,17,19,20,21). The first-order valence-corrected chi connectivity index (χ1v) is 7.15. The average molecular weight is 301 g/mol. The van der Waals surface area contributed by atoms with E-state index in [-0.39, 0.29) is 11.5 Å². The number of hydrogen-bond donors (Lipinski definition) is 2. The zero-order valence-electron chi connectivity index (χ0n) is 12.7. The van der Waals surface area contributed by atoms with Gasteiger partial charge in [-0.1, -0.05) is 25.5 Å². The lowest BCUT2D eigenvalue weighted by Gasteiger charge is -2.07. The van der Waals surface area contributed by atoms with Crippen LogP contribution < -0.4 is 15.7 Å². The first-order valence-electron chi connectivity index (χ1n) is 7.15. The Kier molecular flexibility index (Phi) is 5.65. The monoisotopic (exact) mass is 301 g/mol. The summed E-state index contributed by atoms with van der Waals surface area (Å²) >= 11 is 0. The van der Waals surface area contributed by atoms with Gasteiger partial charge in [0.1, 0.15) is 11.4 Å². The molecule has 7 heteroatoms. The Labute approximate surface area is 128 Å². The van der Waals surface area contributed by atoms with Gasteiger partial charge in [-0.2, -0.15) is 5.10 Å². The number of rotatable bonds is 7. The van der Waals surface area contributed by atoms with E-state index in [4.69, 9.17) is 4.74 Å². The predicted octanol–water partition coefficient (Wildman–Crippen LogP) is 2.10. The molecule has 22 heavy (non-hydrogen) atoms. The van der Waals surface area contributed by atoms with Crippen LogP contribution in [0.3, 0.4) is 0 Å². The summed E-state index contributed by atoms with van der Waals surface area (Å²) in [7, 11) is 0. The van der Waals surface area contributed by atoms with Crippen LogP contribution in [0.4, 0.5) is 5.95 Å². The first kappa shape index (κ1) is 15.7. The van der Waals surface area contributed by atoms with Gasteiger partial charge in [-0.05, 0) is 25.5 Å². The molecule has 0 saturated carbocycles. The molecular weight excluding hydrogens is 282 g/mol. The fourth-order valence-corrected chi connectivity index (χ4v) is 1.65. The second-order valence-corrected chi connectivity index (χ2v) is 4.70. The van der Waals surface area contributed by atoms with E-state index in [1.165, 1.54) is 0 Å².